The van der Waals surface area contributed by atoms with E-state index in [0.29, 0.717) is 0 Å². The van der Waals surface area contributed by atoms with E-state index >= 15 is 0 Å². The molecule has 1 unspecified atom stereocenters. The van der Waals surface area contributed by atoms with Crippen molar-refractivity contribution in [2.45, 2.75) is 24.9 Å². The van der Waals surface area contributed by atoms with E-state index in [2.05, 4.69) is 31.6 Å². The zero-order chi connectivity index (χ0) is 7.86. The third-order valence-electron chi connectivity index (χ3n) is 0.816. The summed E-state index contributed by atoms with van der Waals surface area (Å²) in [6, 6.07) is 0. The monoisotopic (exact) mass is 126 g/mol. The molecule has 5 heteroatoms. The van der Waals surface area contributed by atoms with E-state index in [4.69, 9.17) is 15.1 Å². The van der Waals surface area contributed by atoms with Gasteiger partial charge in [0.05, 0.1) is 0 Å². The van der Waals surface area contributed by atoms with Gasteiger partial charge in [0, 0.05) is 0 Å². The van der Waals surface area contributed by atoms with Gasteiger partial charge in [-0.1, -0.05) is 0 Å². The molecule has 0 saturated heterocycles. The summed E-state index contributed by atoms with van der Waals surface area (Å²) in [7, 11) is -2.17. The van der Waals surface area contributed by atoms with Gasteiger partial charge in [0.1, 0.15) is 0 Å². The summed E-state index contributed by atoms with van der Waals surface area (Å²) in [5, 5.41) is 21.5. The van der Waals surface area contributed by atoms with Gasteiger partial charge in [0.25, 0.3) is 0 Å². The second-order valence-electron chi connectivity index (χ2n) is 2.15. The topological polar surface area (TPSA) is 60.7 Å². The van der Waals surface area contributed by atoms with Crippen LogP contribution in [0.5, 0.6) is 0 Å². The SMILES string of the molecule is OB(O)O.[Li][CH](C)CC. The Balaban J connectivity index is 0. The van der Waals surface area contributed by atoms with Crippen molar-refractivity contribution in [3.8, 4) is 0 Å². The molecule has 1 atom stereocenters. The van der Waals surface area contributed by atoms with Gasteiger partial charge >= 0.3 is 49.9 Å². The molecule has 0 rings (SSSR count). The fourth-order valence-electron chi connectivity index (χ4n) is 0. The first-order valence-electron chi connectivity index (χ1n) is 3.04. The Hall–Kier alpha value is 0.542. The molecular weight excluding hydrogens is 114 g/mol. The van der Waals surface area contributed by atoms with E-state index in [1.165, 1.54) is 6.42 Å². The Labute approximate surface area is 65.5 Å². The van der Waals surface area contributed by atoms with Gasteiger partial charge in [0.2, 0.25) is 0 Å². The molecule has 0 aromatic heterocycles. The normalized spacial score (nSPS) is 11.4. The molecule has 0 aromatic rings. The fourth-order valence-corrected chi connectivity index (χ4v) is 0. The summed E-state index contributed by atoms with van der Waals surface area (Å²) in [6.07, 6.45) is 1.31. The van der Waals surface area contributed by atoms with Crippen molar-refractivity contribution < 1.29 is 15.1 Å². The summed E-state index contributed by atoms with van der Waals surface area (Å²) in [5.74, 6) is 0. The second-order valence-corrected chi connectivity index (χ2v) is 2.15. The molecule has 0 heterocycles. The van der Waals surface area contributed by atoms with E-state index in [1.807, 2.05) is 0 Å². The predicted molar refractivity (Wildman–Crippen MR) is 37.9 cm³/mol. The van der Waals surface area contributed by atoms with Crippen LogP contribution >= 0.6 is 0 Å². The summed E-state index contributed by atoms with van der Waals surface area (Å²) in [6.45, 7) is 4.42. The zero-order valence-corrected chi connectivity index (χ0v) is 6.20. The van der Waals surface area contributed by atoms with Gasteiger partial charge < -0.3 is 15.1 Å². The Kier molecular flexibility index (Phi) is 11.6. The predicted octanol–water partition coefficient (Wildman–Crippen LogP) is -0.679. The molecule has 0 aliphatic heterocycles. The van der Waals surface area contributed by atoms with Crippen LogP contribution in [0.15, 0.2) is 0 Å². The molecule has 0 amide bonds. The molecule has 0 spiro atoms. The number of hydrogen-bond donors (Lipinski definition) is 3. The van der Waals surface area contributed by atoms with Crippen LogP contribution < -0.4 is 0 Å². The zero-order valence-electron chi connectivity index (χ0n) is 6.20. The van der Waals surface area contributed by atoms with Crippen molar-refractivity contribution in [2.24, 2.45) is 0 Å². The van der Waals surface area contributed by atoms with Crippen LogP contribution in [0.3, 0.4) is 0 Å². The summed E-state index contributed by atoms with van der Waals surface area (Å²) < 4.78 is 0.884. The maximum atomic E-state index is 7.17. The van der Waals surface area contributed by atoms with E-state index < -0.39 is 7.32 Å². The maximum absolute atomic E-state index is 7.17. The van der Waals surface area contributed by atoms with Gasteiger partial charge in [-0.25, -0.2) is 0 Å². The summed E-state index contributed by atoms with van der Waals surface area (Å²) >= 11 is 2.22. The van der Waals surface area contributed by atoms with Crippen LogP contribution in [-0.2, 0) is 0 Å². The standard InChI is InChI=1S/C4H9.BH3O3.Li/c1-3-4-2;2-1(3)4;/h3H,4H2,1-2H3;2-4H;. The molecule has 0 bridgehead atoms. The summed E-state index contributed by atoms with van der Waals surface area (Å²) in [4.78, 5) is 0. The third kappa shape index (κ3) is 56.6. The molecule has 9 heavy (non-hydrogen) atoms. The van der Waals surface area contributed by atoms with Crippen LogP contribution in [0.4, 0.5) is 0 Å². The van der Waals surface area contributed by atoms with Crippen LogP contribution in [-0.4, -0.2) is 40.1 Å². The Morgan fingerprint density at radius 1 is 1.44 bits per heavy atom. The summed E-state index contributed by atoms with van der Waals surface area (Å²) in [5.41, 5.74) is 0. The minimum absolute atomic E-state index is 0.884. The average Bonchev–Trinajstić information content (AvgIpc) is 1.65. The Morgan fingerprint density at radius 3 is 1.56 bits per heavy atom. The van der Waals surface area contributed by atoms with Crippen LogP contribution in [0, 0.1) is 0 Å². The van der Waals surface area contributed by atoms with E-state index in [0.717, 1.165) is 4.59 Å². The molecule has 3 N–H and O–H groups in total. The van der Waals surface area contributed by atoms with E-state index in [-0.39, 0.29) is 0 Å². The van der Waals surface area contributed by atoms with Crippen LogP contribution in [0.2, 0.25) is 4.59 Å². The molecule has 0 saturated carbocycles. The Bertz CT molecular complexity index is 48.3. The fraction of sp³-hybridized carbons (Fsp3) is 1.00. The minimum atomic E-state index is -2.17. The molecule has 0 aliphatic rings. The van der Waals surface area contributed by atoms with Gasteiger partial charge in [-0.3, -0.25) is 0 Å². The van der Waals surface area contributed by atoms with E-state index in [9.17, 15) is 0 Å². The van der Waals surface area contributed by atoms with Crippen molar-refractivity contribution >= 4 is 25.0 Å². The first-order valence-corrected chi connectivity index (χ1v) is 3.04. The van der Waals surface area contributed by atoms with Crippen molar-refractivity contribution in [3.63, 3.8) is 0 Å². The van der Waals surface area contributed by atoms with Gasteiger partial charge in [-0.2, -0.15) is 0 Å². The van der Waals surface area contributed by atoms with Crippen LogP contribution in [0.25, 0.3) is 0 Å². The molecule has 0 aromatic carbocycles. The van der Waals surface area contributed by atoms with Crippen molar-refractivity contribution in [1.29, 1.82) is 0 Å². The van der Waals surface area contributed by atoms with Crippen molar-refractivity contribution in [3.05, 3.63) is 0 Å². The first-order chi connectivity index (χ1) is 4.00. The molecule has 0 aliphatic carbocycles. The molecule has 0 radical (unpaired) electrons. The first kappa shape index (κ1) is 12.2. The molecule has 0 fully saturated rings. The third-order valence-corrected chi connectivity index (χ3v) is 0.816. The van der Waals surface area contributed by atoms with Gasteiger partial charge in [-0.15, -0.1) is 0 Å². The van der Waals surface area contributed by atoms with Gasteiger partial charge in [0.15, 0.2) is 0 Å². The average molecular weight is 126 g/mol. The molecule has 50 valence electrons. The number of rotatable bonds is 1. The molecular formula is C4H12BLiO3. The van der Waals surface area contributed by atoms with Crippen molar-refractivity contribution in [2.75, 3.05) is 0 Å². The molecule has 3 nitrogen and oxygen atoms in total. The number of hydrogen-bond acceptors (Lipinski definition) is 3. The Morgan fingerprint density at radius 2 is 1.56 bits per heavy atom. The van der Waals surface area contributed by atoms with Crippen LogP contribution in [0.1, 0.15) is 20.3 Å². The van der Waals surface area contributed by atoms with E-state index in [1.54, 1.807) is 0 Å². The van der Waals surface area contributed by atoms with Crippen molar-refractivity contribution in [1.82, 2.24) is 0 Å². The quantitative estimate of drug-likeness (QED) is 0.408. The second kappa shape index (κ2) is 8.54. The van der Waals surface area contributed by atoms with Gasteiger partial charge in [-0.05, 0) is 0 Å².